The summed E-state index contributed by atoms with van der Waals surface area (Å²) in [6.45, 7) is 13.7. The lowest BCUT2D eigenvalue weighted by atomic mass is 9.81. The second kappa shape index (κ2) is 6.10. The van der Waals surface area contributed by atoms with Crippen LogP contribution in [0.4, 0.5) is 0 Å². The fourth-order valence-corrected chi connectivity index (χ4v) is 3.42. The summed E-state index contributed by atoms with van der Waals surface area (Å²) in [6, 6.07) is 9.03. The molecule has 1 aliphatic heterocycles. The average Bonchev–Trinajstić information content (AvgIpc) is 2.99. The fourth-order valence-electron chi connectivity index (χ4n) is 3.42. The van der Waals surface area contributed by atoms with Gasteiger partial charge in [0.15, 0.2) is 0 Å². The third-order valence-corrected chi connectivity index (χ3v) is 5.35. The van der Waals surface area contributed by atoms with Gasteiger partial charge in [0.2, 0.25) is 0 Å². The van der Waals surface area contributed by atoms with Gasteiger partial charge in [-0.15, -0.1) is 0 Å². The molecule has 2 rings (SSSR count). The lowest BCUT2D eigenvalue weighted by Gasteiger charge is -2.43. The van der Waals surface area contributed by atoms with E-state index in [2.05, 4.69) is 63.8 Å². The molecule has 2 nitrogen and oxygen atoms in total. The topological polar surface area (TPSA) is 29.3 Å². The Morgan fingerprint density at radius 1 is 1.05 bits per heavy atom. The third-order valence-electron chi connectivity index (χ3n) is 5.35. The molecule has 1 aliphatic rings. The molecule has 21 heavy (non-hydrogen) atoms. The highest BCUT2D eigenvalue weighted by Crippen LogP contribution is 2.35. The normalized spacial score (nSPS) is 21.2. The van der Waals surface area contributed by atoms with Crippen LogP contribution in [0.15, 0.2) is 24.3 Å². The number of benzene rings is 1. The molecule has 2 heteroatoms. The molecule has 0 bridgehead atoms. The number of nitrogens with two attached hydrogens (primary N) is 1. The average molecular weight is 288 g/mol. The van der Waals surface area contributed by atoms with E-state index >= 15 is 0 Å². The summed E-state index contributed by atoms with van der Waals surface area (Å²) in [5, 5.41) is 0. The van der Waals surface area contributed by atoms with E-state index in [1.165, 1.54) is 37.1 Å². The van der Waals surface area contributed by atoms with Gasteiger partial charge >= 0.3 is 0 Å². The minimum absolute atomic E-state index is 0.0692. The zero-order valence-corrected chi connectivity index (χ0v) is 14.4. The molecule has 1 fully saturated rings. The van der Waals surface area contributed by atoms with Gasteiger partial charge in [-0.3, -0.25) is 4.90 Å². The Morgan fingerprint density at radius 2 is 1.57 bits per heavy atom. The molecule has 0 spiro atoms. The molecule has 0 aromatic heterocycles. The summed E-state index contributed by atoms with van der Waals surface area (Å²) in [5.74, 6) is 0. The monoisotopic (exact) mass is 288 g/mol. The molecule has 118 valence electrons. The van der Waals surface area contributed by atoms with E-state index < -0.39 is 0 Å². The van der Waals surface area contributed by atoms with Crippen LogP contribution in [0, 0.1) is 0 Å². The van der Waals surface area contributed by atoms with Crippen molar-refractivity contribution in [3.8, 4) is 0 Å². The van der Waals surface area contributed by atoms with Gasteiger partial charge in [-0.1, -0.05) is 52.0 Å². The molecule has 2 N–H and O–H groups in total. The first-order valence-electron chi connectivity index (χ1n) is 8.40. The van der Waals surface area contributed by atoms with Crippen LogP contribution in [-0.4, -0.2) is 23.5 Å². The maximum atomic E-state index is 6.68. The Hall–Kier alpha value is -0.860. The summed E-state index contributed by atoms with van der Waals surface area (Å²) >= 11 is 0. The largest absolute Gasteiger partial charge is 0.322 e. The molecular formula is C19H32N2. The number of nitrogens with zero attached hydrogens (tertiary/aromatic N) is 1. The van der Waals surface area contributed by atoms with Crippen LogP contribution in [0.1, 0.15) is 71.0 Å². The quantitative estimate of drug-likeness (QED) is 0.897. The highest BCUT2D eigenvalue weighted by Gasteiger charge is 2.38. The summed E-state index contributed by atoms with van der Waals surface area (Å²) in [4.78, 5) is 2.59. The third kappa shape index (κ3) is 3.32. The lowest BCUT2D eigenvalue weighted by Crippen LogP contribution is -2.51. The molecule has 1 aromatic rings. The zero-order valence-electron chi connectivity index (χ0n) is 14.4. The van der Waals surface area contributed by atoms with E-state index in [4.69, 9.17) is 5.73 Å². The van der Waals surface area contributed by atoms with Gasteiger partial charge in [-0.05, 0) is 55.8 Å². The van der Waals surface area contributed by atoms with Crippen LogP contribution in [0.3, 0.4) is 0 Å². The highest BCUT2D eigenvalue weighted by atomic mass is 15.2. The van der Waals surface area contributed by atoms with Crippen molar-refractivity contribution in [3.05, 3.63) is 35.4 Å². The molecule has 0 amide bonds. The van der Waals surface area contributed by atoms with Crippen molar-refractivity contribution in [2.45, 2.75) is 70.9 Å². The van der Waals surface area contributed by atoms with Crippen LogP contribution in [-0.2, 0) is 5.41 Å². The Labute approximate surface area is 130 Å². The van der Waals surface area contributed by atoms with Crippen LogP contribution in [0.25, 0.3) is 0 Å². The maximum absolute atomic E-state index is 6.68. The van der Waals surface area contributed by atoms with Crippen LogP contribution in [0.2, 0.25) is 0 Å². The number of hydrogen-bond donors (Lipinski definition) is 1. The van der Waals surface area contributed by atoms with Gasteiger partial charge in [0, 0.05) is 11.6 Å². The van der Waals surface area contributed by atoms with Crippen molar-refractivity contribution in [2.24, 2.45) is 5.73 Å². The first-order chi connectivity index (χ1) is 9.79. The summed E-state index contributed by atoms with van der Waals surface area (Å²) in [6.07, 6.45) is 3.71. The Morgan fingerprint density at radius 3 is 2.00 bits per heavy atom. The molecule has 1 saturated heterocycles. The molecule has 2 atom stereocenters. The highest BCUT2D eigenvalue weighted by molar-refractivity contribution is 5.30. The standard InChI is InChI=1S/C19H32N2/c1-6-19(5,21-13-7-8-14-21)17(20)15-9-11-16(12-10-15)18(2,3)4/h9-12,17H,6-8,13-14,20H2,1-5H3. The molecule has 1 aromatic carbocycles. The Bertz CT molecular complexity index is 451. The van der Waals surface area contributed by atoms with Crippen LogP contribution in [0.5, 0.6) is 0 Å². The minimum atomic E-state index is 0.0692. The van der Waals surface area contributed by atoms with Crippen molar-refractivity contribution in [1.29, 1.82) is 0 Å². The van der Waals surface area contributed by atoms with Gasteiger partial charge < -0.3 is 5.73 Å². The van der Waals surface area contributed by atoms with E-state index in [0.717, 1.165) is 6.42 Å². The fraction of sp³-hybridized carbons (Fsp3) is 0.684. The smallest absolute Gasteiger partial charge is 0.0479 e. The van der Waals surface area contributed by atoms with E-state index in [-0.39, 0.29) is 17.0 Å². The van der Waals surface area contributed by atoms with Crippen molar-refractivity contribution >= 4 is 0 Å². The van der Waals surface area contributed by atoms with Gasteiger partial charge in [0.05, 0.1) is 0 Å². The molecule has 0 saturated carbocycles. The number of rotatable bonds is 4. The van der Waals surface area contributed by atoms with Crippen molar-refractivity contribution in [1.82, 2.24) is 4.90 Å². The molecular weight excluding hydrogens is 256 g/mol. The maximum Gasteiger partial charge on any atom is 0.0479 e. The Balaban J connectivity index is 2.23. The molecule has 2 unspecified atom stereocenters. The van der Waals surface area contributed by atoms with Gasteiger partial charge in [0.25, 0.3) is 0 Å². The minimum Gasteiger partial charge on any atom is -0.322 e. The second-order valence-electron chi connectivity index (χ2n) is 7.75. The SMILES string of the molecule is CCC(C)(C(N)c1ccc(C(C)(C)C)cc1)N1CCCC1. The van der Waals surface area contributed by atoms with E-state index in [1.807, 2.05) is 0 Å². The van der Waals surface area contributed by atoms with E-state index in [1.54, 1.807) is 0 Å². The first-order valence-corrected chi connectivity index (χ1v) is 8.40. The van der Waals surface area contributed by atoms with Gasteiger partial charge in [-0.2, -0.15) is 0 Å². The van der Waals surface area contributed by atoms with E-state index in [0.29, 0.717) is 0 Å². The first kappa shape index (κ1) is 16.5. The van der Waals surface area contributed by atoms with Gasteiger partial charge in [-0.25, -0.2) is 0 Å². The molecule has 1 heterocycles. The summed E-state index contributed by atoms with van der Waals surface area (Å²) in [5.41, 5.74) is 9.59. The number of likely N-dealkylation sites (tertiary alicyclic amines) is 1. The summed E-state index contributed by atoms with van der Waals surface area (Å²) < 4.78 is 0. The predicted molar refractivity (Wildman–Crippen MR) is 91.6 cm³/mol. The molecule has 0 radical (unpaired) electrons. The predicted octanol–water partition coefficient (Wildman–Crippen LogP) is 4.25. The van der Waals surface area contributed by atoms with Crippen molar-refractivity contribution in [2.75, 3.05) is 13.1 Å². The summed E-state index contributed by atoms with van der Waals surface area (Å²) in [7, 11) is 0. The zero-order chi connectivity index (χ0) is 15.7. The van der Waals surface area contributed by atoms with Crippen LogP contribution >= 0.6 is 0 Å². The second-order valence-corrected chi connectivity index (χ2v) is 7.75. The van der Waals surface area contributed by atoms with Gasteiger partial charge in [0.1, 0.15) is 0 Å². The van der Waals surface area contributed by atoms with E-state index in [9.17, 15) is 0 Å². The van der Waals surface area contributed by atoms with Crippen molar-refractivity contribution < 1.29 is 0 Å². The lowest BCUT2D eigenvalue weighted by molar-refractivity contribution is 0.1000. The van der Waals surface area contributed by atoms with Crippen LogP contribution < -0.4 is 5.73 Å². The Kier molecular flexibility index (Phi) is 4.79. The van der Waals surface area contributed by atoms with Crippen molar-refractivity contribution in [3.63, 3.8) is 0 Å². The molecule has 0 aliphatic carbocycles. The number of hydrogen-bond acceptors (Lipinski definition) is 2.